The molecule has 0 aliphatic carbocycles. The first-order chi connectivity index (χ1) is 10.1. The fraction of sp³-hybridized carbons (Fsp3) is 0.438. The fourth-order valence-electron chi connectivity index (χ4n) is 3.07. The number of benzene rings is 1. The van der Waals surface area contributed by atoms with E-state index in [1.54, 1.807) is 6.07 Å². The van der Waals surface area contributed by atoms with Gasteiger partial charge in [0.15, 0.2) is 0 Å². The van der Waals surface area contributed by atoms with Gasteiger partial charge in [-0.05, 0) is 50.6 Å². The van der Waals surface area contributed by atoms with Crippen LogP contribution in [0.5, 0.6) is 0 Å². The van der Waals surface area contributed by atoms with Gasteiger partial charge in [0, 0.05) is 23.2 Å². The van der Waals surface area contributed by atoms with Crippen molar-refractivity contribution in [3.8, 4) is 0 Å². The first-order valence-electron chi connectivity index (χ1n) is 7.23. The lowest BCUT2D eigenvalue weighted by molar-refractivity contribution is 0.0791. The molecule has 2 heterocycles. The third-order valence-corrected chi connectivity index (χ3v) is 5.41. The second kappa shape index (κ2) is 5.73. The number of carbonyl (C=O) groups is 1. The highest BCUT2D eigenvalue weighted by atomic mass is 32.1. The van der Waals surface area contributed by atoms with Crippen LogP contribution in [0.15, 0.2) is 18.2 Å². The van der Waals surface area contributed by atoms with E-state index in [2.05, 4.69) is 5.32 Å². The minimum absolute atomic E-state index is 0.0479. The van der Waals surface area contributed by atoms with Crippen molar-refractivity contribution in [3.63, 3.8) is 0 Å². The lowest BCUT2D eigenvalue weighted by atomic mass is 10.1. The van der Waals surface area contributed by atoms with E-state index < -0.39 is 0 Å². The molecule has 2 aromatic rings. The summed E-state index contributed by atoms with van der Waals surface area (Å²) < 4.78 is 14.8. The summed E-state index contributed by atoms with van der Waals surface area (Å²) in [4.78, 5) is 15.3. The van der Waals surface area contributed by atoms with E-state index in [4.69, 9.17) is 0 Å². The highest BCUT2D eigenvalue weighted by Crippen LogP contribution is 2.34. The number of carbonyl (C=O) groups excluding carboxylic acids is 1. The summed E-state index contributed by atoms with van der Waals surface area (Å²) in [6.07, 6.45) is 1.03. The maximum atomic E-state index is 13.9. The van der Waals surface area contributed by atoms with Gasteiger partial charge in [-0.15, -0.1) is 11.3 Å². The summed E-state index contributed by atoms with van der Waals surface area (Å²) in [5.74, 6) is 0.326. The van der Waals surface area contributed by atoms with E-state index in [-0.39, 0.29) is 11.7 Å². The van der Waals surface area contributed by atoms with E-state index in [0.717, 1.165) is 36.3 Å². The topological polar surface area (TPSA) is 32.3 Å². The maximum Gasteiger partial charge on any atom is 0.264 e. The summed E-state index contributed by atoms with van der Waals surface area (Å²) in [5.41, 5.74) is 0.773. The lowest BCUT2D eigenvalue weighted by Crippen LogP contribution is -2.30. The summed E-state index contributed by atoms with van der Waals surface area (Å²) in [5, 5.41) is 3.76. The zero-order valence-corrected chi connectivity index (χ0v) is 13.1. The average Bonchev–Trinajstić information content (AvgIpc) is 3.05. The Hall–Kier alpha value is -1.46. The number of nitrogens with one attached hydrogen (secondary N) is 1. The molecular formula is C16H19FN2OS. The van der Waals surface area contributed by atoms with Crippen molar-refractivity contribution >= 4 is 27.3 Å². The van der Waals surface area contributed by atoms with Crippen molar-refractivity contribution in [2.75, 3.05) is 26.7 Å². The molecule has 3 rings (SSSR count). The number of halogens is 1. The molecule has 1 aromatic heterocycles. The molecule has 1 aromatic carbocycles. The monoisotopic (exact) mass is 306 g/mol. The smallest absolute Gasteiger partial charge is 0.264 e. The van der Waals surface area contributed by atoms with Crippen LogP contribution in [0.4, 0.5) is 4.39 Å². The number of thiophene rings is 1. The maximum absolute atomic E-state index is 13.9. The molecule has 1 N–H and O–H groups in total. The summed E-state index contributed by atoms with van der Waals surface area (Å²) in [6.45, 7) is 4.36. The number of likely N-dealkylation sites (tertiary alicyclic amines) is 1. The minimum atomic E-state index is -0.241. The average molecular weight is 306 g/mol. The lowest BCUT2D eigenvalue weighted by Gasteiger charge is -2.16. The van der Waals surface area contributed by atoms with Gasteiger partial charge in [0.1, 0.15) is 5.82 Å². The summed E-state index contributed by atoms with van der Waals surface area (Å²) in [7, 11) is 1.93. The third kappa shape index (κ3) is 2.56. The predicted molar refractivity (Wildman–Crippen MR) is 84.5 cm³/mol. The Morgan fingerprint density at radius 1 is 1.52 bits per heavy atom. The van der Waals surface area contributed by atoms with Gasteiger partial charge in [-0.1, -0.05) is 6.07 Å². The number of nitrogens with zero attached hydrogens (tertiary/aromatic N) is 1. The molecule has 0 radical (unpaired) electrons. The van der Waals surface area contributed by atoms with Crippen LogP contribution in [0.25, 0.3) is 10.1 Å². The SMILES string of the molecule is CNC[C@@H]1CCN(C(=O)c2sc3cccc(F)c3c2C)C1. The van der Waals surface area contributed by atoms with Crippen molar-refractivity contribution in [1.82, 2.24) is 10.2 Å². The molecule has 21 heavy (non-hydrogen) atoms. The molecule has 1 fully saturated rings. The molecule has 112 valence electrons. The Morgan fingerprint density at radius 3 is 3.05 bits per heavy atom. The van der Waals surface area contributed by atoms with Crippen LogP contribution in [-0.2, 0) is 0 Å². The standard InChI is InChI=1S/C16H19FN2OS/c1-10-14-12(17)4-3-5-13(14)21-15(10)16(20)19-7-6-11(9-19)8-18-2/h3-5,11,18H,6-9H2,1-2H3/t11-/m0/s1. The molecule has 0 unspecified atom stereocenters. The van der Waals surface area contributed by atoms with E-state index in [9.17, 15) is 9.18 Å². The van der Waals surface area contributed by atoms with E-state index in [1.165, 1.54) is 17.4 Å². The van der Waals surface area contributed by atoms with Gasteiger partial charge in [-0.3, -0.25) is 4.79 Å². The van der Waals surface area contributed by atoms with Crippen LogP contribution >= 0.6 is 11.3 Å². The van der Waals surface area contributed by atoms with Crippen molar-refractivity contribution in [1.29, 1.82) is 0 Å². The quantitative estimate of drug-likeness (QED) is 0.945. The van der Waals surface area contributed by atoms with Gasteiger partial charge >= 0.3 is 0 Å². The molecule has 1 atom stereocenters. The number of hydrogen-bond acceptors (Lipinski definition) is 3. The van der Waals surface area contributed by atoms with Gasteiger partial charge in [0.05, 0.1) is 4.88 Å². The molecule has 5 heteroatoms. The molecular weight excluding hydrogens is 287 g/mol. The van der Waals surface area contributed by atoms with Crippen LogP contribution in [0.2, 0.25) is 0 Å². The van der Waals surface area contributed by atoms with Gasteiger partial charge in [-0.25, -0.2) is 4.39 Å². The Labute approximate surface area is 127 Å². The first kappa shape index (κ1) is 14.5. The van der Waals surface area contributed by atoms with Crippen LogP contribution in [0.1, 0.15) is 21.7 Å². The molecule has 3 nitrogen and oxygen atoms in total. The predicted octanol–water partition coefficient (Wildman–Crippen LogP) is 3.03. The zero-order valence-electron chi connectivity index (χ0n) is 12.3. The normalized spacial score (nSPS) is 18.6. The van der Waals surface area contributed by atoms with Crippen LogP contribution in [-0.4, -0.2) is 37.5 Å². The number of hydrogen-bond donors (Lipinski definition) is 1. The van der Waals surface area contributed by atoms with Crippen molar-refractivity contribution in [2.45, 2.75) is 13.3 Å². The van der Waals surface area contributed by atoms with Gasteiger partial charge in [0.25, 0.3) is 5.91 Å². The number of aryl methyl sites for hydroxylation is 1. The number of fused-ring (bicyclic) bond motifs is 1. The van der Waals surface area contributed by atoms with Crippen LogP contribution < -0.4 is 5.32 Å². The Balaban J connectivity index is 1.89. The van der Waals surface area contributed by atoms with Crippen LogP contribution in [0, 0.1) is 18.7 Å². The molecule has 0 saturated carbocycles. The molecule has 1 saturated heterocycles. The second-order valence-electron chi connectivity index (χ2n) is 5.63. The van der Waals surface area contributed by atoms with E-state index in [0.29, 0.717) is 16.2 Å². The highest BCUT2D eigenvalue weighted by Gasteiger charge is 2.29. The van der Waals surface area contributed by atoms with Gasteiger partial charge < -0.3 is 10.2 Å². The Kier molecular flexibility index (Phi) is 3.95. The molecule has 0 bridgehead atoms. The van der Waals surface area contributed by atoms with Gasteiger partial charge in [-0.2, -0.15) is 0 Å². The van der Waals surface area contributed by atoms with Crippen molar-refractivity contribution in [2.24, 2.45) is 5.92 Å². The minimum Gasteiger partial charge on any atom is -0.338 e. The molecule has 0 spiro atoms. The third-order valence-electron chi connectivity index (χ3n) is 4.16. The van der Waals surface area contributed by atoms with Crippen molar-refractivity contribution < 1.29 is 9.18 Å². The number of rotatable bonds is 3. The van der Waals surface area contributed by atoms with Gasteiger partial charge in [0.2, 0.25) is 0 Å². The fourth-order valence-corrected chi connectivity index (χ4v) is 4.26. The molecule has 1 amide bonds. The summed E-state index contributed by atoms with van der Waals surface area (Å²) >= 11 is 1.40. The van der Waals surface area contributed by atoms with E-state index in [1.807, 2.05) is 24.9 Å². The Bertz CT molecular complexity index is 682. The van der Waals surface area contributed by atoms with Crippen LogP contribution in [0.3, 0.4) is 0 Å². The zero-order chi connectivity index (χ0) is 15.0. The molecule has 1 aliphatic heterocycles. The highest BCUT2D eigenvalue weighted by molar-refractivity contribution is 7.21. The largest absolute Gasteiger partial charge is 0.338 e. The first-order valence-corrected chi connectivity index (χ1v) is 8.05. The summed E-state index contributed by atoms with van der Waals surface area (Å²) in [6, 6.07) is 5.02. The van der Waals surface area contributed by atoms with E-state index >= 15 is 0 Å². The second-order valence-corrected chi connectivity index (χ2v) is 6.68. The molecule has 1 aliphatic rings. The number of amides is 1. The Morgan fingerprint density at radius 2 is 2.33 bits per heavy atom. The van der Waals surface area contributed by atoms with Crippen molar-refractivity contribution in [3.05, 3.63) is 34.5 Å².